The van der Waals surface area contributed by atoms with Crippen LogP contribution in [0, 0.1) is 23.0 Å². The van der Waals surface area contributed by atoms with Crippen molar-refractivity contribution in [3.63, 3.8) is 0 Å². The molecule has 4 rings (SSSR count). The van der Waals surface area contributed by atoms with Crippen molar-refractivity contribution in [2.75, 3.05) is 12.4 Å². The van der Waals surface area contributed by atoms with Gasteiger partial charge in [-0.3, -0.25) is 14.3 Å². The highest BCUT2D eigenvalue weighted by atomic mass is 19.4. The van der Waals surface area contributed by atoms with Gasteiger partial charge in [-0.15, -0.1) is 0 Å². The van der Waals surface area contributed by atoms with E-state index in [9.17, 15) is 36.8 Å². The van der Waals surface area contributed by atoms with Crippen molar-refractivity contribution < 1.29 is 45.0 Å². The lowest BCUT2D eigenvalue weighted by atomic mass is 10.1. The minimum Gasteiger partial charge on any atom is -0.497 e. The number of carbonyl (C=O) groups excluding carboxylic acids is 1. The van der Waals surface area contributed by atoms with Crippen molar-refractivity contribution in [3.05, 3.63) is 87.3 Å². The smallest absolute Gasteiger partial charge is 0.433 e. The van der Waals surface area contributed by atoms with Crippen molar-refractivity contribution in [1.82, 2.24) is 14.3 Å². The van der Waals surface area contributed by atoms with Crippen molar-refractivity contribution in [2.45, 2.75) is 12.8 Å². The third-order valence-corrected chi connectivity index (χ3v) is 5.82. The number of hydrogen-bond donors (Lipinski definition) is 1. The van der Waals surface area contributed by atoms with Crippen LogP contribution >= 0.6 is 0 Å². The number of hydrogen-bond acceptors (Lipinski definition) is 6. The third kappa shape index (κ3) is 5.61. The maximum atomic E-state index is 15.2. The SMILES string of the molecule is COc1cc(F)c(-c2c(NC(=O)c3ccc(OC(F)F)cc3)c(=O)n(-c3nc(C(F)(F)F)ccc3C#N)n2C)c(F)c1. The Bertz CT molecular complexity index is 1750. The number of nitrogens with zero attached hydrogens (tertiary/aromatic N) is 4. The second-order valence-electron chi connectivity index (χ2n) is 8.36. The highest BCUT2D eigenvalue weighted by molar-refractivity contribution is 6.06. The Kier molecular flexibility index (Phi) is 7.96. The van der Waals surface area contributed by atoms with Crippen molar-refractivity contribution in [2.24, 2.45) is 7.05 Å². The van der Waals surface area contributed by atoms with Gasteiger partial charge in [0.05, 0.1) is 18.2 Å². The second-order valence-corrected chi connectivity index (χ2v) is 8.36. The van der Waals surface area contributed by atoms with Gasteiger partial charge in [0.25, 0.3) is 11.5 Å². The average molecular weight is 595 g/mol. The first kappa shape index (κ1) is 29.6. The van der Waals surface area contributed by atoms with Crippen LogP contribution in [0.5, 0.6) is 11.5 Å². The molecule has 0 aliphatic heterocycles. The molecule has 42 heavy (non-hydrogen) atoms. The number of amides is 1. The number of benzene rings is 2. The highest BCUT2D eigenvalue weighted by Gasteiger charge is 2.35. The molecular formula is C26H16F7N5O4. The van der Waals surface area contributed by atoms with Gasteiger partial charge in [0.2, 0.25) is 0 Å². The largest absolute Gasteiger partial charge is 0.497 e. The first-order valence-corrected chi connectivity index (χ1v) is 11.5. The van der Waals surface area contributed by atoms with Gasteiger partial charge in [-0.1, -0.05) is 0 Å². The van der Waals surface area contributed by atoms with E-state index < -0.39 is 69.9 Å². The molecule has 4 aromatic rings. The van der Waals surface area contributed by atoms with Crippen molar-refractivity contribution >= 4 is 11.6 Å². The predicted octanol–water partition coefficient (Wildman–Crippen LogP) is 5.27. The molecule has 0 saturated carbocycles. The molecule has 0 unspecified atom stereocenters. The van der Waals surface area contributed by atoms with E-state index in [0.29, 0.717) is 10.7 Å². The van der Waals surface area contributed by atoms with Gasteiger partial charge in [0, 0.05) is 24.7 Å². The first-order chi connectivity index (χ1) is 19.8. The monoisotopic (exact) mass is 595 g/mol. The Balaban J connectivity index is 1.96. The Morgan fingerprint density at radius 1 is 1.05 bits per heavy atom. The van der Waals surface area contributed by atoms with Crippen molar-refractivity contribution in [1.29, 1.82) is 5.26 Å². The van der Waals surface area contributed by atoms with E-state index in [1.54, 1.807) is 6.07 Å². The highest BCUT2D eigenvalue weighted by Crippen LogP contribution is 2.35. The molecule has 16 heteroatoms. The third-order valence-electron chi connectivity index (χ3n) is 5.82. The van der Waals surface area contributed by atoms with Crippen molar-refractivity contribution in [3.8, 4) is 34.6 Å². The molecule has 2 aromatic heterocycles. The van der Waals surface area contributed by atoms with E-state index in [4.69, 9.17) is 4.74 Å². The van der Waals surface area contributed by atoms with E-state index in [1.165, 1.54) is 0 Å². The lowest BCUT2D eigenvalue weighted by Crippen LogP contribution is -2.25. The zero-order valence-electron chi connectivity index (χ0n) is 21.3. The number of nitrogens with one attached hydrogen (secondary N) is 1. The summed E-state index contributed by atoms with van der Waals surface area (Å²) in [5.41, 5.74) is -5.85. The van der Waals surface area contributed by atoms with Crippen LogP contribution in [-0.2, 0) is 13.2 Å². The van der Waals surface area contributed by atoms with Gasteiger partial charge in [-0.05, 0) is 36.4 Å². The summed E-state index contributed by atoms with van der Waals surface area (Å²) in [6, 6.07) is 8.49. The number of methoxy groups -OCH3 is 1. The predicted molar refractivity (Wildman–Crippen MR) is 131 cm³/mol. The zero-order valence-corrected chi connectivity index (χ0v) is 21.3. The number of pyridine rings is 1. The molecule has 0 fully saturated rings. The van der Waals surface area contributed by atoms with Crippen LogP contribution in [0.25, 0.3) is 17.1 Å². The van der Waals surface area contributed by atoms with E-state index >= 15 is 8.78 Å². The number of alkyl halides is 5. The van der Waals surface area contributed by atoms with E-state index in [-0.39, 0.29) is 17.1 Å². The van der Waals surface area contributed by atoms with Crippen LogP contribution in [-0.4, -0.2) is 34.0 Å². The maximum Gasteiger partial charge on any atom is 0.433 e. The fourth-order valence-electron chi connectivity index (χ4n) is 3.97. The number of nitriles is 1. The molecular weight excluding hydrogens is 579 g/mol. The number of carbonyl (C=O) groups is 1. The molecule has 0 radical (unpaired) electrons. The minimum absolute atomic E-state index is 0.219. The molecule has 1 amide bonds. The molecule has 0 spiro atoms. The number of rotatable bonds is 7. The molecule has 2 heterocycles. The zero-order chi connectivity index (χ0) is 30.9. The van der Waals surface area contributed by atoms with Crippen LogP contribution in [0.2, 0.25) is 0 Å². The molecule has 0 atom stereocenters. The van der Waals surface area contributed by atoms with Crippen LogP contribution in [0.3, 0.4) is 0 Å². The summed E-state index contributed by atoms with van der Waals surface area (Å²) in [6.07, 6.45) is -4.99. The molecule has 1 N–H and O–H groups in total. The van der Waals surface area contributed by atoms with Gasteiger partial charge in [0.1, 0.15) is 46.3 Å². The molecule has 9 nitrogen and oxygen atoms in total. The summed E-state index contributed by atoms with van der Waals surface area (Å²) < 4.78 is 106. The number of anilines is 1. The lowest BCUT2D eigenvalue weighted by Gasteiger charge is -2.14. The summed E-state index contributed by atoms with van der Waals surface area (Å²) >= 11 is 0. The Morgan fingerprint density at radius 3 is 2.19 bits per heavy atom. The first-order valence-electron chi connectivity index (χ1n) is 11.5. The van der Waals surface area contributed by atoms with Crippen LogP contribution in [0.4, 0.5) is 36.4 Å². The summed E-state index contributed by atoms with van der Waals surface area (Å²) in [5, 5.41) is 11.7. The Hall–Kier alpha value is -5.33. The fourth-order valence-corrected chi connectivity index (χ4v) is 3.97. The van der Waals surface area contributed by atoms with Crippen LogP contribution in [0.1, 0.15) is 21.6 Å². The number of halogens is 7. The minimum atomic E-state index is -4.99. The summed E-state index contributed by atoms with van der Waals surface area (Å²) in [4.78, 5) is 30.1. The quantitative estimate of drug-likeness (QED) is 0.292. The fraction of sp³-hybridized carbons (Fsp3) is 0.154. The standard InChI is InChI=1S/C26H16F7N5O4/c1-37-21(19-16(27)9-15(41-2)10-17(19)28)20(36-23(39)12-3-6-14(7-4-12)42-25(29)30)24(40)38(37)22-13(11-34)5-8-18(35-22)26(31,32)33/h3-10,25H,1-2H3,(H,36,39). The van der Waals surface area contributed by atoms with Crippen LogP contribution in [0.15, 0.2) is 53.3 Å². The Labute approximate surface area is 230 Å². The molecule has 0 bridgehead atoms. The van der Waals surface area contributed by atoms with Gasteiger partial charge in [-0.25, -0.2) is 13.8 Å². The molecule has 218 valence electrons. The van der Waals surface area contributed by atoms with Gasteiger partial charge in [0.15, 0.2) is 5.82 Å². The molecule has 2 aromatic carbocycles. The van der Waals surface area contributed by atoms with Gasteiger partial charge >= 0.3 is 12.8 Å². The van der Waals surface area contributed by atoms with E-state index in [2.05, 4.69) is 15.0 Å². The summed E-state index contributed by atoms with van der Waals surface area (Å²) in [5.74, 6) is -5.01. The second kappa shape index (κ2) is 11.3. The summed E-state index contributed by atoms with van der Waals surface area (Å²) in [6.45, 7) is -3.15. The van der Waals surface area contributed by atoms with Crippen LogP contribution < -0.4 is 20.3 Å². The van der Waals surface area contributed by atoms with Gasteiger partial charge in [-0.2, -0.15) is 31.9 Å². The maximum absolute atomic E-state index is 15.2. The molecule has 0 saturated heterocycles. The average Bonchev–Trinajstić information content (AvgIpc) is 3.15. The van der Waals surface area contributed by atoms with E-state index in [1.807, 2.05) is 0 Å². The lowest BCUT2D eigenvalue weighted by molar-refractivity contribution is -0.141. The van der Waals surface area contributed by atoms with E-state index in [0.717, 1.165) is 61.3 Å². The number of ether oxygens (including phenoxy) is 2. The molecule has 0 aliphatic carbocycles. The van der Waals surface area contributed by atoms with Gasteiger partial charge < -0.3 is 14.8 Å². The molecule has 0 aliphatic rings. The topological polar surface area (TPSA) is 111 Å². The normalized spacial score (nSPS) is 11.4. The number of aromatic nitrogens is 3. The summed E-state index contributed by atoms with van der Waals surface area (Å²) in [7, 11) is 2.17. The Morgan fingerprint density at radius 2 is 1.67 bits per heavy atom.